The van der Waals surface area contributed by atoms with E-state index in [9.17, 15) is 4.79 Å². The number of hydrogen-bond acceptors (Lipinski definition) is 6. The maximum absolute atomic E-state index is 12.8. The molecule has 1 fully saturated rings. The molecule has 1 amide bonds. The van der Waals surface area contributed by atoms with Crippen molar-refractivity contribution in [1.29, 1.82) is 0 Å². The van der Waals surface area contributed by atoms with E-state index < -0.39 is 5.54 Å². The van der Waals surface area contributed by atoms with E-state index in [0.29, 0.717) is 11.7 Å². The van der Waals surface area contributed by atoms with Crippen molar-refractivity contribution in [1.82, 2.24) is 24.8 Å². The number of amides is 1. The lowest BCUT2D eigenvalue weighted by Gasteiger charge is -2.30. The Labute approximate surface area is 167 Å². The van der Waals surface area contributed by atoms with E-state index in [4.69, 9.17) is 4.52 Å². The molecule has 0 saturated heterocycles. The van der Waals surface area contributed by atoms with Gasteiger partial charge in [-0.25, -0.2) is 4.98 Å². The second-order valence-electron chi connectivity index (χ2n) is 7.53. The molecule has 3 heterocycles. The fourth-order valence-electron chi connectivity index (χ4n) is 3.94. The molecule has 0 aromatic carbocycles. The van der Waals surface area contributed by atoms with Crippen molar-refractivity contribution in [3.8, 4) is 0 Å². The summed E-state index contributed by atoms with van der Waals surface area (Å²) in [5.74, 6) is 0.962. The highest BCUT2D eigenvalue weighted by Gasteiger charge is 2.38. The zero-order chi connectivity index (χ0) is 19.7. The van der Waals surface area contributed by atoms with E-state index in [1.165, 1.54) is 4.88 Å². The molecular weight excluding hydrogens is 374 g/mol. The van der Waals surface area contributed by atoms with Crippen LogP contribution in [0.1, 0.15) is 66.5 Å². The van der Waals surface area contributed by atoms with Crippen LogP contribution in [-0.4, -0.2) is 25.4 Å². The number of hydrogen-bond donors (Lipinski definition) is 1. The summed E-state index contributed by atoms with van der Waals surface area (Å²) in [4.78, 5) is 24.0. The van der Waals surface area contributed by atoms with Crippen LogP contribution in [0.25, 0.3) is 11.0 Å². The van der Waals surface area contributed by atoms with Gasteiger partial charge in [0.2, 0.25) is 11.8 Å². The molecular formula is C20H25N5O2S. The standard InChI is InChI=1S/C20H25N5O2S/c1-13-12-25-16(14(2)21-19(25)28-13)8-9-17(26)23-20(10-6-4-5-7-11-20)18-22-15(3)27-24-18/h8-9,12H,4-7,10-11H2,1-3H3,(H,23,26)/b9-8-. The van der Waals surface area contributed by atoms with Crippen molar-refractivity contribution in [2.75, 3.05) is 0 Å². The number of thiazole rings is 1. The van der Waals surface area contributed by atoms with Gasteiger partial charge in [0.15, 0.2) is 10.8 Å². The molecule has 7 nitrogen and oxygen atoms in total. The van der Waals surface area contributed by atoms with E-state index in [1.54, 1.807) is 24.3 Å². The van der Waals surface area contributed by atoms with Crippen LogP contribution in [0.3, 0.4) is 0 Å². The minimum atomic E-state index is -0.559. The summed E-state index contributed by atoms with van der Waals surface area (Å²) in [6, 6.07) is 0. The molecule has 3 aromatic heterocycles. The van der Waals surface area contributed by atoms with E-state index in [1.807, 2.05) is 23.6 Å². The van der Waals surface area contributed by atoms with Crippen LogP contribution in [0.4, 0.5) is 0 Å². The first-order valence-corrected chi connectivity index (χ1v) is 10.5. The highest BCUT2D eigenvalue weighted by atomic mass is 32.1. The zero-order valence-corrected chi connectivity index (χ0v) is 17.3. The molecule has 0 unspecified atom stereocenters. The molecule has 8 heteroatoms. The number of nitrogens with one attached hydrogen (secondary N) is 1. The molecule has 1 saturated carbocycles. The van der Waals surface area contributed by atoms with Gasteiger partial charge in [0, 0.05) is 24.1 Å². The third-order valence-electron chi connectivity index (χ3n) is 5.33. The van der Waals surface area contributed by atoms with Gasteiger partial charge in [0.05, 0.1) is 11.4 Å². The van der Waals surface area contributed by atoms with E-state index in [2.05, 4.69) is 27.4 Å². The van der Waals surface area contributed by atoms with E-state index in [0.717, 1.165) is 54.9 Å². The third kappa shape index (κ3) is 3.61. The maximum Gasteiger partial charge on any atom is 0.244 e. The predicted octanol–water partition coefficient (Wildman–Crippen LogP) is 4.08. The topological polar surface area (TPSA) is 85.3 Å². The summed E-state index contributed by atoms with van der Waals surface area (Å²) in [5, 5.41) is 7.34. The van der Waals surface area contributed by atoms with Gasteiger partial charge >= 0.3 is 0 Å². The number of nitrogens with zero attached hydrogens (tertiary/aromatic N) is 4. The maximum atomic E-state index is 12.8. The first-order valence-electron chi connectivity index (χ1n) is 9.73. The number of carbonyl (C=O) groups excluding carboxylic acids is 1. The Morgan fingerprint density at radius 2 is 1.96 bits per heavy atom. The molecule has 0 radical (unpaired) electrons. The predicted molar refractivity (Wildman–Crippen MR) is 108 cm³/mol. The van der Waals surface area contributed by atoms with Crippen LogP contribution >= 0.6 is 11.3 Å². The first kappa shape index (κ1) is 18.9. The number of aromatic nitrogens is 4. The van der Waals surface area contributed by atoms with E-state index >= 15 is 0 Å². The number of aryl methyl sites for hydroxylation is 3. The largest absolute Gasteiger partial charge is 0.340 e. The van der Waals surface area contributed by atoms with Crippen molar-refractivity contribution in [2.24, 2.45) is 0 Å². The highest BCUT2D eigenvalue weighted by Crippen LogP contribution is 2.34. The van der Waals surface area contributed by atoms with Crippen molar-refractivity contribution >= 4 is 28.3 Å². The molecule has 1 aliphatic carbocycles. The Hall–Kier alpha value is -2.48. The third-order valence-corrected chi connectivity index (χ3v) is 6.23. The van der Waals surface area contributed by atoms with Crippen LogP contribution in [0, 0.1) is 20.8 Å². The van der Waals surface area contributed by atoms with E-state index in [-0.39, 0.29) is 5.91 Å². The molecule has 3 aromatic rings. The highest BCUT2D eigenvalue weighted by molar-refractivity contribution is 7.17. The number of rotatable bonds is 4. The fraction of sp³-hybridized carbons (Fsp3) is 0.500. The summed E-state index contributed by atoms with van der Waals surface area (Å²) < 4.78 is 7.24. The summed E-state index contributed by atoms with van der Waals surface area (Å²) >= 11 is 1.64. The minimum absolute atomic E-state index is 0.148. The zero-order valence-electron chi connectivity index (χ0n) is 16.5. The van der Waals surface area contributed by atoms with Gasteiger partial charge in [-0.3, -0.25) is 9.20 Å². The summed E-state index contributed by atoms with van der Waals surface area (Å²) in [6.07, 6.45) is 11.5. The van der Waals surface area contributed by atoms with Gasteiger partial charge in [0.25, 0.3) is 0 Å². The summed E-state index contributed by atoms with van der Waals surface area (Å²) in [5.41, 5.74) is 1.28. The smallest absolute Gasteiger partial charge is 0.244 e. The fourth-order valence-corrected chi connectivity index (χ4v) is 4.82. The Bertz CT molecular complexity index is 1020. The average Bonchev–Trinajstić information content (AvgIpc) is 3.24. The second kappa shape index (κ2) is 7.50. The molecule has 0 aliphatic heterocycles. The van der Waals surface area contributed by atoms with Gasteiger partial charge in [-0.2, -0.15) is 4.98 Å². The van der Waals surface area contributed by atoms with Crippen molar-refractivity contribution in [2.45, 2.75) is 64.8 Å². The van der Waals surface area contributed by atoms with Gasteiger partial charge in [-0.15, -0.1) is 11.3 Å². The minimum Gasteiger partial charge on any atom is -0.340 e. The monoisotopic (exact) mass is 399 g/mol. The Morgan fingerprint density at radius 3 is 2.64 bits per heavy atom. The normalized spacial score (nSPS) is 17.2. The quantitative estimate of drug-likeness (QED) is 0.528. The van der Waals surface area contributed by atoms with Gasteiger partial charge < -0.3 is 9.84 Å². The molecule has 148 valence electrons. The average molecular weight is 400 g/mol. The molecule has 1 N–H and O–H groups in total. The lowest BCUT2D eigenvalue weighted by atomic mass is 9.89. The molecule has 0 bridgehead atoms. The SMILES string of the molecule is Cc1nc(C2(NC(=O)/C=C\c3c(C)nc4sc(C)cn34)CCCCCC2)no1. The van der Waals surface area contributed by atoms with Crippen molar-refractivity contribution in [3.05, 3.63) is 40.3 Å². The van der Waals surface area contributed by atoms with Gasteiger partial charge in [0.1, 0.15) is 5.54 Å². The van der Waals surface area contributed by atoms with Crippen molar-refractivity contribution < 1.29 is 9.32 Å². The Balaban J connectivity index is 1.59. The number of fused-ring (bicyclic) bond motifs is 1. The molecule has 4 rings (SSSR count). The Kier molecular flexibility index (Phi) is 5.05. The lowest BCUT2D eigenvalue weighted by molar-refractivity contribution is -0.118. The number of imidazole rings is 1. The van der Waals surface area contributed by atoms with Crippen LogP contribution in [0.2, 0.25) is 0 Å². The van der Waals surface area contributed by atoms with Crippen LogP contribution in [0.5, 0.6) is 0 Å². The summed E-state index contributed by atoms with van der Waals surface area (Å²) in [6.45, 7) is 5.79. The van der Waals surface area contributed by atoms with Crippen LogP contribution in [-0.2, 0) is 10.3 Å². The first-order chi connectivity index (χ1) is 13.5. The molecule has 1 aliphatic rings. The number of carbonyl (C=O) groups is 1. The summed E-state index contributed by atoms with van der Waals surface area (Å²) in [7, 11) is 0. The lowest BCUT2D eigenvalue weighted by Crippen LogP contribution is -2.45. The Morgan fingerprint density at radius 1 is 1.21 bits per heavy atom. The second-order valence-corrected chi connectivity index (χ2v) is 8.75. The van der Waals surface area contributed by atoms with Gasteiger partial charge in [-0.05, 0) is 32.8 Å². The molecule has 0 atom stereocenters. The molecule has 28 heavy (non-hydrogen) atoms. The van der Waals surface area contributed by atoms with Crippen LogP contribution in [0.15, 0.2) is 16.8 Å². The van der Waals surface area contributed by atoms with Gasteiger partial charge in [-0.1, -0.05) is 30.8 Å². The molecule has 0 spiro atoms. The van der Waals surface area contributed by atoms with Crippen LogP contribution < -0.4 is 5.32 Å². The van der Waals surface area contributed by atoms with Crippen molar-refractivity contribution in [3.63, 3.8) is 0 Å².